The zero-order valence-corrected chi connectivity index (χ0v) is 24.8. The van der Waals surface area contributed by atoms with Gasteiger partial charge in [0, 0.05) is 24.8 Å². The van der Waals surface area contributed by atoms with Crippen molar-refractivity contribution in [2.45, 2.75) is 72.4 Å². The van der Waals surface area contributed by atoms with Gasteiger partial charge >= 0.3 is 31.1 Å². The average Bonchev–Trinajstić information content (AvgIpc) is 3.23. The first-order valence-corrected chi connectivity index (χ1v) is 15.0. The van der Waals surface area contributed by atoms with Gasteiger partial charge in [0.2, 0.25) is 0 Å². The molecule has 13 nitrogen and oxygen atoms in total. The fraction of sp³-hybridized carbons (Fsp3) is 0.708. The average molecular weight is 590 g/mol. The van der Waals surface area contributed by atoms with Gasteiger partial charge in [0.25, 0.3) is 0 Å². The van der Waals surface area contributed by atoms with Crippen LogP contribution in [0.25, 0.3) is 4.85 Å². The monoisotopic (exact) mass is 589 g/mol. The minimum absolute atomic E-state index is 0.0946. The van der Waals surface area contributed by atoms with Gasteiger partial charge in [-0.25, -0.2) is 14.2 Å². The minimum atomic E-state index is -4.11. The molecule has 1 fully saturated rings. The maximum atomic E-state index is 13.5. The Hall–Kier alpha value is -2.27. The molecule has 0 aliphatic carbocycles. The summed E-state index contributed by atoms with van der Waals surface area (Å²) in [6, 6.07) is 0.483. The molecular weight excluding hydrogens is 551 g/mol. The second kappa shape index (κ2) is 14.4. The van der Waals surface area contributed by atoms with Gasteiger partial charge in [-0.15, -0.1) is 0 Å². The molecule has 2 rings (SSSR count). The van der Waals surface area contributed by atoms with Crippen molar-refractivity contribution in [1.82, 2.24) is 9.55 Å². The molecular formula is C24H38N4O9PS+. The second-order valence-electron chi connectivity index (χ2n) is 10.1. The Labute approximate surface area is 232 Å². The van der Waals surface area contributed by atoms with Crippen LogP contribution in [0.5, 0.6) is 0 Å². The van der Waals surface area contributed by atoms with E-state index in [1.807, 2.05) is 6.92 Å². The van der Waals surface area contributed by atoms with Gasteiger partial charge in [0.05, 0.1) is 37.4 Å². The number of thioether (sulfide) groups is 1. The van der Waals surface area contributed by atoms with Crippen molar-refractivity contribution >= 4 is 36.3 Å². The van der Waals surface area contributed by atoms with E-state index in [0.717, 1.165) is 11.8 Å². The summed E-state index contributed by atoms with van der Waals surface area (Å²) < 4.78 is 36.9. The number of nitrogens with two attached hydrogens (primary N) is 1. The lowest BCUT2D eigenvalue weighted by atomic mass is 9.97. The van der Waals surface area contributed by atoms with E-state index in [0.29, 0.717) is 6.42 Å². The first kappa shape index (κ1) is 32.9. The van der Waals surface area contributed by atoms with E-state index in [-0.39, 0.29) is 48.5 Å². The fourth-order valence-electron chi connectivity index (χ4n) is 3.35. The van der Waals surface area contributed by atoms with Gasteiger partial charge in [-0.1, -0.05) is 23.5 Å². The van der Waals surface area contributed by atoms with E-state index in [9.17, 15) is 24.1 Å². The molecule has 218 valence electrons. The lowest BCUT2D eigenvalue weighted by Crippen LogP contribution is -2.29. The Bertz CT molecular complexity index is 1180. The highest BCUT2D eigenvalue weighted by atomic mass is 32.2. The van der Waals surface area contributed by atoms with Crippen LogP contribution < -0.4 is 11.4 Å². The second-order valence-corrected chi connectivity index (χ2v) is 12.9. The van der Waals surface area contributed by atoms with E-state index in [1.54, 1.807) is 27.7 Å². The molecule has 1 aromatic heterocycles. The molecule has 3 N–H and O–H groups in total. The van der Waals surface area contributed by atoms with Gasteiger partial charge in [0.15, 0.2) is 5.12 Å². The molecule has 0 bridgehead atoms. The molecule has 15 heteroatoms. The zero-order valence-electron chi connectivity index (χ0n) is 23.1. The Balaban J connectivity index is 2.09. The predicted molar refractivity (Wildman–Crippen MR) is 146 cm³/mol. The Morgan fingerprint density at radius 1 is 1.38 bits per heavy atom. The zero-order chi connectivity index (χ0) is 29.4. The van der Waals surface area contributed by atoms with Gasteiger partial charge in [-0.3, -0.25) is 18.4 Å². The van der Waals surface area contributed by atoms with Crippen molar-refractivity contribution in [2.75, 3.05) is 31.3 Å². The van der Waals surface area contributed by atoms with Gasteiger partial charge in [-0.05, 0) is 40.2 Å². The molecule has 0 radical (unpaired) electrons. The van der Waals surface area contributed by atoms with Crippen molar-refractivity contribution in [3.8, 4) is 5.81 Å². The Morgan fingerprint density at radius 3 is 2.69 bits per heavy atom. The van der Waals surface area contributed by atoms with Crippen molar-refractivity contribution in [3.63, 3.8) is 0 Å². The van der Waals surface area contributed by atoms with Crippen LogP contribution in [0.3, 0.4) is 0 Å². The van der Waals surface area contributed by atoms with E-state index in [4.69, 9.17) is 24.3 Å². The van der Waals surface area contributed by atoms with Crippen LogP contribution in [0.15, 0.2) is 17.1 Å². The van der Waals surface area contributed by atoms with E-state index < -0.39 is 43.0 Å². The number of esters is 1. The highest BCUT2D eigenvalue weighted by Crippen LogP contribution is 2.48. The van der Waals surface area contributed by atoms with Crippen LogP contribution in [-0.2, 0) is 32.7 Å². The smallest absolute Gasteiger partial charge is 0.457 e. The third-order valence-electron chi connectivity index (χ3n) is 5.60. The summed E-state index contributed by atoms with van der Waals surface area (Å²) in [5, 5.41) is 9.10. The third-order valence-corrected chi connectivity index (χ3v) is 8.16. The Kier molecular flexibility index (Phi) is 12.2. The number of hydrogen-bond acceptors (Lipinski definition) is 12. The van der Waals surface area contributed by atoms with Crippen molar-refractivity contribution in [3.05, 3.63) is 27.6 Å². The van der Waals surface area contributed by atoms with Crippen LogP contribution in [-0.4, -0.2) is 69.6 Å². The highest BCUT2D eigenvalue weighted by molar-refractivity contribution is 8.13. The summed E-state index contributed by atoms with van der Waals surface area (Å²) >= 11 is 0.924. The summed E-state index contributed by atoms with van der Waals surface area (Å²) in [4.78, 5) is 44.2. The number of carbonyl (C=O) groups is 2. The van der Waals surface area contributed by atoms with Crippen LogP contribution in [0.4, 0.5) is 5.82 Å². The first-order chi connectivity index (χ1) is 18.2. The van der Waals surface area contributed by atoms with Crippen LogP contribution >= 0.6 is 19.4 Å². The fourth-order valence-corrected chi connectivity index (χ4v) is 5.48. The summed E-state index contributed by atoms with van der Waals surface area (Å²) in [7, 11) is -4.11. The predicted octanol–water partition coefficient (Wildman–Crippen LogP) is 2.88. The summed E-state index contributed by atoms with van der Waals surface area (Å²) in [5.41, 5.74) is 4.08. The number of rotatable bonds is 12. The molecule has 0 saturated carbocycles. The highest BCUT2D eigenvalue weighted by Gasteiger charge is 2.39. The van der Waals surface area contributed by atoms with E-state index in [1.165, 1.54) is 23.8 Å². The topological polar surface area (TPSA) is 174 Å². The van der Waals surface area contributed by atoms with E-state index >= 15 is 0 Å². The standard InChI is InChI=1S/C24H37N4O9PS/c1-15(2)36-21(30)17(4)26-14-38(33,34-9-10-39-22(31)24(5,6)13-29)35-12-18-11-16(3)20(37-18)28-8-7-19(25)27-23(28)32/h7-8,15-18,20,29H,9-13H2,1-6H3,(H-,25,27,32)/p+1. The minimum Gasteiger partial charge on any atom is -0.457 e. The normalized spacial score (nSPS) is 21.6. The summed E-state index contributed by atoms with van der Waals surface area (Å²) in [6.45, 7) is 9.31. The van der Waals surface area contributed by atoms with Crippen molar-refractivity contribution in [1.29, 1.82) is 0 Å². The first-order valence-electron chi connectivity index (χ1n) is 12.5. The number of hydrogen-bond donors (Lipinski definition) is 2. The number of nitrogen functional groups attached to an aromatic ring is 1. The number of aliphatic hydroxyl groups is 1. The van der Waals surface area contributed by atoms with Crippen LogP contribution in [0, 0.1) is 17.1 Å². The maximum absolute atomic E-state index is 13.5. The summed E-state index contributed by atoms with van der Waals surface area (Å²) in [6.07, 6.45) is 0.456. The molecule has 1 aromatic rings. The molecule has 1 aliphatic rings. The number of anilines is 1. The molecule has 5 atom stereocenters. The molecule has 0 spiro atoms. The molecule has 0 aromatic carbocycles. The summed E-state index contributed by atoms with van der Waals surface area (Å²) in [5.74, 6) is 1.85. The number of ether oxygens (including phenoxy) is 2. The maximum Gasteiger partial charge on any atom is 0.479 e. The van der Waals surface area contributed by atoms with Crippen LogP contribution in [0.1, 0.15) is 54.2 Å². The molecule has 5 unspecified atom stereocenters. The molecule has 39 heavy (non-hydrogen) atoms. The van der Waals surface area contributed by atoms with Crippen LogP contribution in [0.2, 0.25) is 0 Å². The van der Waals surface area contributed by atoms with Crippen molar-refractivity contribution < 1.29 is 37.8 Å². The van der Waals surface area contributed by atoms with Crippen molar-refractivity contribution in [2.24, 2.45) is 11.3 Å². The SMILES string of the molecule is CC(C)OC(=O)C(C)[N+]#CP(=O)(OCCSC(=O)C(C)(C)CO)OCC1CC(C)C(n2ccc(N)nc2=O)O1. The lowest BCUT2D eigenvalue weighted by Gasteiger charge is -2.19. The van der Waals surface area contributed by atoms with Gasteiger partial charge in [0.1, 0.15) is 12.0 Å². The third kappa shape index (κ3) is 10.0. The number of carbonyl (C=O) groups excluding carboxylic acids is 2. The molecule has 1 saturated heterocycles. The number of nitrogens with zero attached hydrogens (tertiary/aromatic N) is 3. The molecule has 2 heterocycles. The number of aliphatic hydroxyl groups excluding tert-OH is 1. The number of aromatic nitrogens is 2. The van der Waals surface area contributed by atoms with Gasteiger partial charge in [-0.2, -0.15) is 4.98 Å². The van der Waals surface area contributed by atoms with Gasteiger partial charge < -0.3 is 20.3 Å². The lowest BCUT2D eigenvalue weighted by molar-refractivity contribution is -0.147. The largest absolute Gasteiger partial charge is 0.479 e. The molecule has 1 aliphatic heterocycles. The quantitative estimate of drug-likeness (QED) is 0.208. The Morgan fingerprint density at radius 2 is 2.08 bits per heavy atom. The molecule has 0 amide bonds. The van der Waals surface area contributed by atoms with E-state index in [2.05, 4.69) is 15.6 Å².